The minimum absolute atomic E-state index is 0.117. The highest BCUT2D eigenvalue weighted by Crippen LogP contribution is 2.29. The molecule has 1 amide bonds. The molecule has 5 heteroatoms. The van der Waals surface area contributed by atoms with Crippen LogP contribution in [0.4, 0.5) is 0 Å². The fourth-order valence-electron chi connectivity index (χ4n) is 2.95. The van der Waals surface area contributed by atoms with Crippen molar-refractivity contribution < 1.29 is 9.90 Å². The molecule has 0 aromatic carbocycles. The molecule has 1 aliphatic carbocycles. The van der Waals surface area contributed by atoms with Gasteiger partial charge in [0.1, 0.15) is 0 Å². The van der Waals surface area contributed by atoms with Crippen LogP contribution >= 0.6 is 11.3 Å². The van der Waals surface area contributed by atoms with Crippen molar-refractivity contribution in [3.63, 3.8) is 0 Å². The highest BCUT2D eigenvalue weighted by Gasteiger charge is 2.26. The number of amides is 1. The van der Waals surface area contributed by atoms with Gasteiger partial charge in [-0.15, -0.1) is 11.3 Å². The lowest BCUT2D eigenvalue weighted by atomic mass is 9.98. The van der Waals surface area contributed by atoms with Crippen molar-refractivity contribution in [2.45, 2.75) is 26.2 Å². The number of hydrogen-bond donors (Lipinski definition) is 1. The second-order valence-corrected chi connectivity index (χ2v) is 6.79. The van der Waals surface area contributed by atoms with E-state index >= 15 is 0 Å². The molecule has 3 rings (SSSR count). The van der Waals surface area contributed by atoms with Crippen LogP contribution < -0.4 is 0 Å². The summed E-state index contributed by atoms with van der Waals surface area (Å²) in [7, 11) is 0. The van der Waals surface area contributed by atoms with E-state index in [-0.39, 0.29) is 18.4 Å². The van der Waals surface area contributed by atoms with Crippen LogP contribution in [0.15, 0.2) is 23.1 Å². The van der Waals surface area contributed by atoms with Crippen molar-refractivity contribution in [1.82, 2.24) is 9.88 Å². The predicted octanol–water partition coefficient (Wildman–Crippen LogP) is 2.40. The number of aliphatic hydroxyl groups is 1. The van der Waals surface area contributed by atoms with Crippen molar-refractivity contribution >= 4 is 22.8 Å². The maximum absolute atomic E-state index is 12.6. The Morgan fingerprint density at radius 1 is 1.57 bits per heavy atom. The lowest BCUT2D eigenvalue weighted by Crippen LogP contribution is -2.41. The maximum Gasteiger partial charge on any atom is 0.250 e. The van der Waals surface area contributed by atoms with Gasteiger partial charge in [0.15, 0.2) is 0 Å². The van der Waals surface area contributed by atoms with Gasteiger partial charge in [0.05, 0.1) is 10.7 Å². The second-order valence-electron chi connectivity index (χ2n) is 5.73. The number of aromatic nitrogens is 1. The van der Waals surface area contributed by atoms with Crippen LogP contribution in [-0.2, 0) is 4.79 Å². The summed E-state index contributed by atoms with van der Waals surface area (Å²) in [5.41, 5.74) is 2.86. The van der Waals surface area contributed by atoms with Gasteiger partial charge < -0.3 is 10.0 Å². The Balaban J connectivity index is 1.69. The van der Waals surface area contributed by atoms with Crippen molar-refractivity contribution in [1.29, 1.82) is 0 Å². The fraction of sp³-hybridized carbons (Fsp3) is 0.500. The molecule has 0 bridgehead atoms. The van der Waals surface area contributed by atoms with Gasteiger partial charge in [-0.2, -0.15) is 0 Å². The summed E-state index contributed by atoms with van der Waals surface area (Å²) in [5.74, 6) is 0.352. The highest BCUT2D eigenvalue weighted by molar-refractivity contribution is 7.09. The molecular formula is C16H20N2O2S. The van der Waals surface area contributed by atoms with Crippen LogP contribution in [0.25, 0.3) is 5.57 Å². The van der Waals surface area contributed by atoms with E-state index in [1.165, 1.54) is 0 Å². The first kappa shape index (κ1) is 14.5. The average Bonchev–Trinajstić information content (AvgIpc) is 3.15. The molecule has 1 N–H and O–H groups in total. The molecule has 2 aliphatic rings. The monoisotopic (exact) mass is 304 g/mol. The fourth-order valence-corrected chi connectivity index (χ4v) is 3.57. The lowest BCUT2D eigenvalue weighted by molar-refractivity contribution is -0.129. The van der Waals surface area contributed by atoms with E-state index < -0.39 is 0 Å². The minimum Gasteiger partial charge on any atom is -0.396 e. The highest BCUT2D eigenvalue weighted by atomic mass is 32.1. The zero-order valence-corrected chi connectivity index (χ0v) is 13.0. The summed E-state index contributed by atoms with van der Waals surface area (Å²) in [6.07, 6.45) is 6.73. The molecule has 1 unspecified atom stereocenters. The van der Waals surface area contributed by atoms with Crippen molar-refractivity contribution in [2.24, 2.45) is 5.92 Å². The summed E-state index contributed by atoms with van der Waals surface area (Å²) in [6, 6.07) is 0. The number of aryl methyl sites for hydroxylation is 1. The first-order valence-corrected chi connectivity index (χ1v) is 8.28. The van der Waals surface area contributed by atoms with Crippen LogP contribution in [-0.4, -0.2) is 40.6 Å². The van der Waals surface area contributed by atoms with E-state index in [9.17, 15) is 9.90 Å². The zero-order chi connectivity index (χ0) is 14.8. The number of thiazole rings is 1. The molecular weight excluding hydrogens is 284 g/mol. The second kappa shape index (κ2) is 6.12. The number of allylic oxidation sites excluding steroid dienone is 3. The smallest absolute Gasteiger partial charge is 0.250 e. The molecule has 4 nitrogen and oxygen atoms in total. The number of aliphatic hydroxyl groups excluding tert-OH is 1. The van der Waals surface area contributed by atoms with E-state index in [0.29, 0.717) is 13.0 Å². The first-order valence-electron chi connectivity index (χ1n) is 7.40. The molecule has 0 spiro atoms. The van der Waals surface area contributed by atoms with Gasteiger partial charge in [-0.05, 0) is 43.8 Å². The Morgan fingerprint density at radius 3 is 3.14 bits per heavy atom. The molecule has 1 aromatic heterocycles. The third kappa shape index (κ3) is 3.09. The molecule has 1 saturated heterocycles. The van der Waals surface area contributed by atoms with Gasteiger partial charge in [-0.1, -0.05) is 6.08 Å². The van der Waals surface area contributed by atoms with Gasteiger partial charge in [-0.25, -0.2) is 4.98 Å². The number of carbonyl (C=O) groups is 1. The molecule has 1 aromatic rings. The summed E-state index contributed by atoms with van der Waals surface area (Å²) in [4.78, 5) is 18.9. The Labute approximate surface area is 128 Å². The zero-order valence-electron chi connectivity index (χ0n) is 12.2. The molecule has 112 valence electrons. The molecule has 2 heterocycles. The number of hydrogen-bond acceptors (Lipinski definition) is 4. The molecule has 1 aliphatic heterocycles. The normalized spacial score (nSPS) is 22.2. The molecule has 1 fully saturated rings. The van der Waals surface area contributed by atoms with Gasteiger partial charge in [0, 0.05) is 30.6 Å². The SMILES string of the molecule is Cc1nc(C2=CCC(C(=O)N3CCCC(CO)C3)=C2)cs1. The van der Waals surface area contributed by atoms with Crippen LogP contribution in [0.3, 0.4) is 0 Å². The van der Waals surface area contributed by atoms with Gasteiger partial charge in [-0.3, -0.25) is 4.79 Å². The number of rotatable bonds is 3. The third-order valence-electron chi connectivity index (χ3n) is 4.13. The molecule has 21 heavy (non-hydrogen) atoms. The lowest BCUT2D eigenvalue weighted by Gasteiger charge is -2.32. The predicted molar refractivity (Wildman–Crippen MR) is 83.9 cm³/mol. The minimum atomic E-state index is 0.117. The Kier molecular flexibility index (Phi) is 4.22. The molecule has 0 saturated carbocycles. The summed E-state index contributed by atoms with van der Waals surface area (Å²) in [5, 5.41) is 12.4. The third-order valence-corrected chi connectivity index (χ3v) is 4.90. The summed E-state index contributed by atoms with van der Waals surface area (Å²) in [6.45, 7) is 3.64. The van der Waals surface area contributed by atoms with E-state index in [0.717, 1.165) is 41.2 Å². The van der Waals surface area contributed by atoms with Gasteiger partial charge >= 0.3 is 0 Å². The Bertz CT molecular complexity index is 603. The van der Waals surface area contributed by atoms with Gasteiger partial charge in [0.25, 0.3) is 0 Å². The number of carbonyl (C=O) groups excluding carboxylic acids is 1. The molecule has 0 radical (unpaired) electrons. The van der Waals surface area contributed by atoms with Crippen molar-refractivity contribution in [2.75, 3.05) is 19.7 Å². The summed E-state index contributed by atoms with van der Waals surface area (Å²) < 4.78 is 0. The van der Waals surface area contributed by atoms with Crippen molar-refractivity contribution in [3.8, 4) is 0 Å². The van der Waals surface area contributed by atoms with Crippen molar-refractivity contribution in [3.05, 3.63) is 33.8 Å². The van der Waals surface area contributed by atoms with Crippen LogP contribution in [0.5, 0.6) is 0 Å². The maximum atomic E-state index is 12.6. The molecule has 1 atom stereocenters. The Hall–Kier alpha value is -1.46. The standard InChI is InChI=1S/C16H20N2O2S/c1-11-17-15(10-21-11)13-4-5-14(7-13)16(20)18-6-2-3-12(8-18)9-19/h4,7,10,12,19H,2-3,5-6,8-9H2,1H3. The Morgan fingerprint density at radius 2 is 2.43 bits per heavy atom. The first-order chi connectivity index (χ1) is 10.2. The topological polar surface area (TPSA) is 53.4 Å². The van der Waals surface area contributed by atoms with Crippen LogP contribution in [0, 0.1) is 12.8 Å². The number of likely N-dealkylation sites (tertiary alicyclic amines) is 1. The number of nitrogens with zero attached hydrogens (tertiary/aromatic N) is 2. The number of piperidine rings is 1. The van der Waals surface area contributed by atoms with Crippen LogP contribution in [0.2, 0.25) is 0 Å². The average molecular weight is 304 g/mol. The van der Waals surface area contributed by atoms with E-state index in [1.807, 2.05) is 23.3 Å². The quantitative estimate of drug-likeness (QED) is 0.933. The van der Waals surface area contributed by atoms with E-state index in [4.69, 9.17) is 0 Å². The van der Waals surface area contributed by atoms with Gasteiger partial charge in [0.2, 0.25) is 5.91 Å². The van der Waals surface area contributed by atoms with E-state index in [2.05, 4.69) is 11.1 Å². The van der Waals surface area contributed by atoms with E-state index in [1.54, 1.807) is 11.3 Å². The van der Waals surface area contributed by atoms with Crippen LogP contribution in [0.1, 0.15) is 30.0 Å². The summed E-state index contributed by atoms with van der Waals surface area (Å²) >= 11 is 1.63. The largest absolute Gasteiger partial charge is 0.396 e.